The number of ether oxygens (including phenoxy) is 3. The second kappa shape index (κ2) is 6.95. The maximum Gasteiger partial charge on any atom is 0.330 e. The molecule has 0 aliphatic heterocycles. The molecule has 0 aliphatic rings. The van der Waals surface area contributed by atoms with Gasteiger partial charge in [0.05, 0.1) is 27.0 Å². The van der Waals surface area contributed by atoms with E-state index in [9.17, 15) is 9.59 Å². The molecule has 0 saturated carbocycles. The van der Waals surface area contributed by atoms with Crippen LogP contribution < -0.4 is 15.0 Å². The van der Waals surface area contributed by atoms with Gasteiger partial charge in [0.2, 0.25) is 0 Å². The zero-order valence-electron chi connectivity index (χ0n) is 13.4. The standard InChI is InChI=1S/C16H18N2O5/c1-10(16(20)23-4)18-15(19)8-6-13(17-18)12-9-11(21-2)5-7-14(12)22-3/h5-10H,1-4H3/t10-/m0/s1. The molecule has 0 bridgehead atoms. The zero-order valence-corrected chi connectivity index (χ0v) is 13.4. The van der Waals surface area contributed by atoms with Gasteiger partial charge < -0.3 is 14.2 Å². The number of benzene rings is 1. The van der Waals surface area contributed by atoms with Gasteiger partial charge in [-0.15, -0.1) is 0 Å². The Morgan fingerprint density at radius 2 is 1.87 bits per heavy atom. The number of hydrogen-bond donors (Lipinski definition) is 0. The van der Waals surface area contributed by atoms with Crippen LogP contribution in [0.25, 0.3) is 11.3 Å². The van der Waals surface area contributed by atoms with Crippen molar-refractivity contribution in [3.63, 3.8) is 0 Å². The van der Waals surface area contributed by atoms with Crippen molar-refractivity contribution in [3.8, 4) is 22.8 Å². The Balaban J connectivity index is 2.57. The van der Waals surface area contributed by atoms with Gasteiger partial charge in [0.25, 0.3) is 5.56 Å². The first-order chi connectivity index (χ1) is 11.0. The van der Waals surface area contributed by atoms with Crippen molar-refractivity contribution in [1.29, 1.82) is 0 Å². The minimum Gasteiger partial charge on any atom is -0.497 e. The van der Waals surface area contributed by atoms with Crippen LogP contribution in [0.2, 0.25) is 0 Å². The van der Waals surface area contributed by atoms with Crippen molar-refractivity contribution in [2.75, 3.05) is 21.3 Å². The fourth-order valence-electron chi connectivity index (χ4n) is 2.13. The van der Waals surface area contributed by atoms with Gasteiger partial charge in [-0.3, -0.25) is 4.79 Å². The molecule has 0 unspecified atom stereocenters. The number of rotatable bonds is 5. The molecule has 7 heteroatoms. The second-order valence-electron chi connectivity index (χ2n) is 4.77. The quantitative estimate of drug-likeness (QED) is 0.780. The van der Waals surface area contributed by atoms with E-state index >= 15 is 0 Å². The van der Waals surface area contributed by atoms with E-state index in [0.717, 1.165) is 4.68 Å². The van der Waals surface area contributed by atoms with E-state index in [0.29, 0.717) is 22.8 Å². The summed E-state index contributed by atoms with van der Waals surface area (Å²) in [6.07, 6.45) is 0. The zero-order chi connectivity index (χ0) is 17.0. The molecule has 0 N–H and O–H groups in total. The maximum absolute atomic E-state index is 12.0. The molecule has 2 aromatic rings. The molecule has 0 fully saturated rings. The van der Waals surface area contributed by atoms with Crippen molar-refractivity contribution >= 4 is 5.97 Å². The first-order valence-electron chi connectivity index (χ1n) is 6.92. The highest BCUT2D eigenvalue weighted by Gasteiger charge is 2.19. The Bertz CT molecular complexity index is 769. The molecule has 23 heavy (non-hydrogen) atoms. The van der Waals surface area contributed by atoms with Gasteiger partial charge in [-0.2, -0.15) is 5.10 Å². The maximum atomic E-state index is 12.0. The van der Waals surface area contributed by atoms with Crippen molar-refractivity contribution in [2.45, 2.75) is 13.0 Å². The van der Waals surface area contributed by atoms with Crippen LogP contribution >= 0.6 is 0 Å². The molecule has 0 saturated heterocycles. The van der Waals surface area contributed by atoms with Crippen LogP contribution in [0.15, 0.2) is 35.1 Å². The summed E-state index contributed by atoms with van der Waals surface area (Å²) in [6.45, 7) is 1.55. The monoisotopic (exact) mass is 318 g/mol. The summed E-state index contributed by atoms with van der Waals surface area (Å²) in [4.78, 5) is 23.6. The number of carbonyl (C=O) groups excluding carboxylic acids is 1. The van der Waals surface area contributed by atoms with Crippen molar-refractivity contribution in [3.05, 3.63) is 40.7 Å². The first-order valence-corrected chi connectivity index (χ1v) is 6.92. The van der Waals surface area contributed by atoms with Crippen LogP contribution in [-0.2, 0) is 9.53 Å². The number of esters is 1. The Labute approximate surface area is 133 Å². The largest absolute Gasteiger partial charge is 0.497 e. The molecule has 1 aromatic carbocycles. The minimum atomic E-state index is -0.830. The van der Waals surface area contributed by atoms with E-state index in [2.05, 4.69) is 9.84 Å². The highest BCUT2D eigenvalue weighted by Crippen LogP contribution is 2.31. The highest BCUT2D eigenvalue weighted by atomic mass is 16.5. The third-order valence-electron chi connectivity index (χ3n) is 3.42. The van der Waals surface area contributed by atoms with Crippen molar-refractivity contribution in [1.82, 2.24) is 9.78 Å². The topological polar surface area (TPSA) is 79.7 Å². The predicted molar refractivity (Wildman–Crippen MR) is 83.8 cm³/mol. The predicted octanol–water partition coefficient (Wildman–Crippen LogP) is 1.66. The van der Waals surface area contributed by atoms with Crippen LogP contribution in [0.5, 0.6) is 11.5 Å². The summed E-state index contributed by atoms with van der Waals surface area (Å²) in [7, 11) is 4.36. The molecule has 122 valence electrons. The molecule has 0 aliphatic carbocycles. The summed E-state index contributed by atoms with van der Waals surface area (Å²) < 4.78 is 16.3. The smallest absolute Gasteiger partial charge is 0.330 e. The van der Waals surface area contributed by atoms with Crippen LogP contribution in [0.3, 0.4) is 0 Å². The number of nitrogens with zero attached hydrogens (tertiary/aromatic N) is 2. The Hall–Kier alpha value is -2.83. The van der Waals surface area contributed by atoms with Gasteiger partial charge in [0.1, 0.15) is 11.5 Å². The second-order valence-corrected chi connectivity index (χ2v) is 4.77. The number of methoxy groups -OCH3 is 3. The Morgan fingerprint density at radius 1 is 1.13 bits per heavy atom. The minimum absolute atomic E-state index is 0.395. The lowest BCUT2D eigenvalue weighted by atomic mass is 10.1. The molecule has 1 heterocycles. The summed E-state index contributed by atoms with van der Waals surface area (Å²) in [5.41, 5.74) is 0.738. The van der Waals surface area contributed by atoms with Gasteiger partial charge in [0, 0.05) is 11.6 Å². The molecule has 7 nitrogen and oxygen atoms in total. The first kappa shape index (κ1) is 16.5. The SMILES string of the molecule is COC(=O)[C@H](C)n1nc(-c2cc(OC)ccc2OC)ccc1=O. The molecular formula is C16H18N2O5. The van der Waals surface area contributed by atoms with E-state index < -0.39 is 17.6 Å². The van der Waals surface area contributed by atoms with Crippen LogP contribution in [0.1, 0.15) is 13.0 Å². The molecule has 0 radical (unpaired) electrons. The normalized spacial score (nSPS) is 11.7. The van der Waals surface area contributed by atoms with Gasteiger partial charge in [0.15, 0.2) is 6.04 Å². The summed E-state index contributed by atoms with van der Waals surface area (Å²) >= 11 is 0. The third-order valence-corrected chi connectivity index (χ3v) is 3.42. The van der Waals surface area contributed by atoms with Crippen LogP contribution in [-0.4, -0.2) is 37.1 Å². The Kier molecular flexibility index (Phi) is 5.00. The van der Waals surface area contributed by atoms with E-state index in [-0.39, 0.29) is 0 Å². The highest BCUT2D eigenvalue weighted by molar-refractivity contribution is 5.73. The van der Waals surface area contributed by atoms with Crippen molar-refractivity contribution < 1.29 is 19.0 Å². The van der Waals surface area contributed by atoms with Gasteiger partial charge in [-0.25, -0.2) is 9.48 Å². The Morgan fingerprint density at radius 3 is 2.48 bits per heavy atom. The van der Waals surface area contributed by atoms with Gasteiger partial charge in [-0.05, 0) is 31.2 Å². The van der Waals surface area contributed by atoms with E-state index in [1.54, 1.807) is 45.4 Å². The lowest BCUT2D eigenvalue weighted by Crippen LogP contribution is -2.30. The van der Waals surface area contributed by atoms with E-state index in [4.69, 9.17) is 9.47 Å². The number of carbonyl (C=O) groups is 1. The molecule has 1 atom stereocenters. The fourth-order valence-corrected chi connectivity index (χ4v) is 2.13. The average molecular weight is 318 g/mol. The third kappa shape index (κ3) is 3.33. The summed E-state index contributed by atoms with van der Waals surface area (Å²) in [5, 5.41) is 4.26. The van der Waals surface area contributed by atoms with Gasteiger partial charge in [-0.1, -0.05) is 0 Å². The molecule has 0 spiro atoms. The van der Waals surface area contributed by atoms with Gasteiger partial charge >= 0.3 is 5.97 Å². The number of aromatic nitrogens is 2. The van der Waals surface area contributed by atoms with Crippen molar-refractivity contribution in [2.24, 2.45) is 0 Å². The molecule has 2 rings (SSSR count). The summed E-state index contributed by atoms with van der Waals surface area (Å²) in [6, 6.07) is 7.34. The fraction of sp³-hybridized carbons (Fsp3) is 0.312. The molecule has 1 aromatic heterocycles. The van der Waals surface area contributed by atoms with E-state index in [1.165, 1.54) is 13.2 Å². The molecule has 0 amide bonds. The van der Waals surface area contributed by atoms with E-state index in [1.807, 2.05) is 0 Å². The molecular weight excluding hydrogens is 300 g/mol. The van der Waals surface area contributed by atoms with Crippen LogP contribution in [0, 0.1) is 0 Å². The lowest BCUT2D eigenvalue weighted by molar-refractivity contribution is -0.144. The number of hydrogen-bond acceptors (Lipinski definition) is 6. The lowest BCUT2D eigenvalue weighted by Gasteiger charge is -2.14. The van der Waals surface area contributed by atoms with Crippen LogP contribution in [0.4, 0.5) is 0 Å². The average Bonchev–Trinajstić information content (AvgIpc) is 2.60. The summed E-state index contributed by atoms with van der Waals surface area (Å²) in [5.74, 6) is 0.657.